The van der Waals surface area contributed by atoms with Crippen molar-refractivity contribution in [2.45, 2.75) is 0 Å². The molecule has 150 valence electrons. The maximum absolute atomic E-state index is 6.08. The molecule has 0 N–H and O–H groups in total. The summed E-state index contributed by atoms with van der Waals surface area (Å²) in [6.45, 7) is 1.83. The van der Waals surface area contributed by atoms with E-state index in [0.29, 0.717) is 5.02 Å². The minimum atomic E-state index is 0. The third-order valence-electron chi connectivity index (χ3n) is 4.55. The van der Waals surface area contributed by atoms with Crippen molar-refractivity contribution in [1.82, 2.24) is 9.88 Å². The molecule has 29 heavy (non-hydrogen) atoms. The van der Waals surface area contributed by atoms with Gasteiger partial charge in [0.25, 0.3) is 0 Å². The molecular weight excluding hydrogens is 422 g/mol. The fourth-order valence-electron chi connectivity index (χ4n) is 3.24. The molecule has 5 heteroatoms. The minimum Gasteiger partial charge on any atom is -0.373 e. The van der Waals surface area contributed by atoms with E-state index >= 15 is 0 Å². The second-order valence-corrected chi connectivity index (χ2v) is 7.56. The predicted molar refractivity (Wildman–Crippen MR) is 119 cm³/mol. The molecular formula is C24H26ClFeN3+2. The molecule has 2 aliphatic carbocycles. The first-order valence-corrected chi connectivity index (χ1v) is 9.72. The Morgan fingerprint density at radius 1 is 0.828 bits per heavy atom. The summed E-state index contributed by atoms with van der Waals surface area (Å²) < 4.78 is 0. The SMILES string of the molecule is CN(C)C[C]1[CH][CH][CH][C]1CN(C)c1ccnc2cc(Cl)ccc12.[CH]1[CH][CH][CH][CH]1.[Fe+2]. The van der Waals surface area contributed by atoms with Crippen LogP contribution in [0.25, 0.3) is 10.9 Å². The summed E-state index contributed by atoms with van der Waals surface area (Å²) in [5, 5.41) is 1.84. The summed E-state index contributed by atoms with van der Waals surface area (Å²) in [4.78, 5) is 8.89. The topological polar surface area (TPSA) is 19.4 Å². The summed E-state index contributed by atoms with van der Waals surface area (Å²) in [6, 6.07) is 7.93. The predicted octanol–water partition coefficient (Wildman–Crippen LogP) is 4.68. The number of anilines is 1. The normalized spacial score (nSPS) is 17.3. The average Bonchev–Trinajstić information content (AvgIpc) is 3.36. The molecule has 1 aromatic heterocycles. The van der Waals surface area contributed by atoms with Crippen LogP contribution in [0.2, 0.25) is 5.02 Å². The van der Waals surface area contributed by atoms with Crippen LogP contribution in [0.4, 0.5) is 5.69 Å². The Bertz CT molecular complexity index is 740. The van der Waals surface area contributed by atoms with Gasteiger partial charge in [-0.1, -0.05) is 11.6 Å². The van der Waals surface area contributed by atoms with Gasteiger partial charge in [-0.15, -0.1) is 0 Å². The van der Waals surface area contributed by atoms with Crippen LogP contribution < -0.4 is 4.90 Å². The number of hydrogen-bond acceptors (Lipinski definition) is 3. The number of fused-ring (bicyclic) bond motifs is 1. The van der Waals surface area contributed by atoms with Gasteiger partial charge in [-0.25, -0.2) is 0 Å². The molecule has 2 aliphatic rings. The van der Waals surface area contributed by atoms with Gasteiger partial charge in [-0.05, 0) is 89.7 Å². The second kappa shape index (κ2) is 12.2. The number of benzene rings is 1. The zero-order valence-corrected chi connectivity index (χ0v) is 18.9. The molecule has 1 aromatic carbocycles. The van der Waals surface area contributed by atoms with Gasteiger partial charge in [0.2, 0.25) is 0 Å². The first kappa shape index (κ1) is 24.5. The van der Waals surface area contributed by atoms with E-state index in [1.54, 1.807) is 0 Å². The molecule has 0 aliphatic heterocycles. The van der Waals surface area contributed by atoms with E-state index in [2.05, 4.69) is 61.3 Å². The maximum atomic E-state index is 6.08. The van der Waals surface area contributed by atoms with Crippen LogP contribution in [0.1, 0.15) is 0 Å². The molecule has 0 spiro atoms. The Morgan fingerprint density at radius 2 is 1.45 bits per heavy atom. The van der Waals surface area contributed by atoms with Crippen LogP contribution in [-0.2, 0) is 17.1 Å². The second-order valence-electron chi connectivity index (χ2n) is 7.12. The molecule has 4 rings (SSSR count). The summed E-state index contributed by atoms with van der Waals surface area (Å²) in [7, 11) is 6.32. The summed E-state index contributed by atoms with van der Waals surface area (Å²) in [6.07, 6.45) is 18.4. The van der Waals surface area contributed by atoms with Crippen molar-refractivity contribution < 1.29 is 17.1 Å². The summed E-state index contributed by atoms with van der Waals surface area (Å²) in [5.41, 5.74) is 2.10. The molecule has 2 saturated carbocycles. The Morgan fingerprint density at radius 3 is 2.07 bits per heavy atom. The largest absolute Gasteiger partial charge is 2.00 e. The Hall–Kier alpha value is -0.801. The molecule has 0 saturated heterocycles. The molecule has 0 unspecified atom stereocenters. The first-order valence-electron chi connectivity index (χ1n) is 9.35. The van der Waals surface area contributed by atoms with Crippen molar-refractivity contribution in [2.24, 2.45) is 0 Å². The summed E-state index contributed by atoms with van der Waals surface area (Å²) in [5.74, 6) is 2.74. The van der Waals surface area contributed by atoms with E-state index in [9.17, 15) is 0 Å². The number of aromatic nitrogens is 1. The maximum Gasteiger partial charge on any atom is 2.00 e. The van der Waals surface area contributed by atoms with Gasteiger partial charge in [-0.3, -0.25) is 4.98 Å². The molecule has 2 aromatic rings. The molecule has 0 amide bonds. The zero-order chi connectivity index (χ0) is 19.9. The van der Waals surface area contributed by atoms with Crippen molar-refractivity contribution in [3.05, 3.63) is 98.7 Å². The molecule has 0 bridgehead atoms. The average molecular weight is 448 g/mol. The number of hydrogen-bond donors (Lipinski definition) is 0. The van der Waals surface area contributed by atoms with Gasteiger partial charge in [0.1, 0.15) is 0 Å². The quantitative estimate of drug-likeness (QED) is 0.620. The number of pyridine rings is 1. The third-order valence-corrected chi connectivity index (χ3v) is 4.79. The standard InChI is InChI=1S/C19H21ClN3.C5H5.Fe/c1-22(2)12-14-5-4-6-15(14)13-23(3)19-9-10-21-18-11-16(20)7-8-17(18)19;1-2-4-5-3-1;/h4-11H,12-13H2,1-3H3;1-5H;/q;;+2. The molecule has 2 fully saturated rings. The van der Waals surface area contributed by atoms with Crippen molar-refractivity contribution in [3.8, 4) is 0 Å². The van der Waals surface area contributed by atoms with E-state index in [4.69, 9.17) is 11.6 Å². The van der Waals surface area contributed by atoms with Crippen molar-refractivity contribution in [2.75, 3.05) is 39.1 Å². The number of rotatable bonds is 5. The van der Waals surface area contributed by atoms with Crippen LogP contribution >= 0.6 is 11.6 Å². The van der Waals surface area contributed by atoms with Gasteiger partial charge >= 0.3 is 17.1 Å². The Balaban J connectivity index is 0.000000437. The Kier molecular flexibility index (Phi) is 10.3. The fraction of sp³-hybridized carbons (Fsp3) is 0.208. The summed E-state index contributed by atoms with van der Waals surface area (Å²) >= 11 is 6.08. The minimum absolute atomic E-state index is 0. The van der Waals surface area contributed by atoms with Gasteiger partial charge in [0, 0.05) is 54.3 Å². The van der Waals surface area contributed by atoms with E-state index in [1.807, 2.05) is 56.5 Å². The first-order chi connectivity index (χ1) is 13.5. The van der Waals surface area contributed by atoms with Gasteiger partial charge in [-0.2, -0.15) is 0 Å². The van der Waals surface area contributed by atoms with E-state index < -0.39 is 0 Å². The Labute approximate surface area is 192 Å². The van der Waals surface area contributed by atoms with Gasteiger partial charge in [0.05, 0.1) is 5.52 Å². The monoisotopic (exact) mass is 447 g/mol. The van der Waals surface area contributed by atoms with E-state index in [0.717, 1.165) is 24.0 Å². The van der Waals surface area contributed by atoms with Gasteiger partial charge < -0.3 is 9.80 Å². The van der Waals surface area contributed by atoms with E-state index in [1.165, 1.54) is 17.5 Å². The van der Waals surface area contributed by atoms with Crippen LogP contribution in [0.3, 0.4) is 0 Å². The number of halogens is 1. The van der Waals surface area contributed by atoms with Crippen LogP contribution in [-0.4, -0.2) is 44.1 Å². The van der Waals surface area contributed by atoms with Crippen LogP contribution in [0.5, 0.6) is 0 Å². The van der Waals surface area contributed by atoms with Crippen molar-refractivity contribution in [3.63, 3.8) is 0 Å². The molecule has 0 atom stereocenters. The zero-order valence-electron chi connectivity index (χ0n) is 17.0. The molecule has 1 heterocycles. The van der Waals surface area contributed by atoms with Crippen LogP contribution in [0.15, 0.2) is 30.5 Å². The molecule has 10 radical (unpaired) electrons. The third kappa shape index (κ3) is 7.14. The van der Waals surface area contributed by atoms with Crippen LogP contribution in [0, 0.1) is 63.2 Å². The van der Waals surface area contributed by atoms with E-state index in [-0.39, 0.29) is 17.1 Å². The van der Waals surface area contributed by atoms with Crippen molar-refractivity contribution >= 4 is 28.2 Å². The number of nitrogens with zero attached hydrogens (tertiary/aromatic N) is 3. The smallest absolute Gasteiger partial charge is 0.373 e. The molecule has 3 nitrogen and oxygen atoms in total. The van der Waals surface area contributed by atoms with Gasteiger partial charge in [0.15, 0.2) is 0 Å². The fourth-order valence-corrected chi connectivity index (χ4v) is 3.41. The van der Waals surface area contributed by atoms with Crippen molar-refractivity contribution in [1.29, 1.82) is 0 Å².